The van der Waals surface area contributed by atoms with Crippen LogP contribution < -0.4 is 5.32 Å². The van der Waals surface area contributed by atoms with Crippen molar-refractivity contribution in [2.45, 2.75) is 12.8 Å². The summed E-state index contributed by atoms with van der Waals surface area (Å²) in [7, 11) is 0. The van der Waals surface area contributed by atoms with Crippen molar-refractivity contribution in [2.24, 2.45) is 0 Å². The van der Waals surface area contributed by atoms with E-state index in [0.29, 0.717) is 0 Å². The second kappa shape index (κ2) is 7.22. The molecule has 0 aliphatic carbocycles. The third kappa shape index (κ3) is 4.37. The van der Waals surface area contributed by atoms with Gasteiger partial charge in [-0.15, -0.1) is 0 Å². The molecule has 1 N–H and O–H groups in total. The molecule has 4 heteroatoms. The highest BCUT2D eigenvalue weighted by Gasteiger charge is 2.11. The van der Waals surface area contributed by atoms with E-state index in [2.05, 4.69) is 15.1 Å². The van der Waals surface area contributed by atoms with E-state index in [1.807, 2.05) is 0 Å². The van der Waals surface area contributed by atoms with E-state index in [0.717, 1.165) is 32.8 Å². The Hall–Kier alpha value is -0.160. The smallest absolute Gasteiger partial charge is 0.0594 e. The summed E-state index contributed by atoms with van der Waals surface area (Å²) in [4.78, 5) is 5.13. The fraction of sp³-hybridized carbons (Fsp3) is 1.00. The van der Waals surface area contributed by atoms with Gasteiger partial charge in [-0.1, -0.05) is 0 Å². The topological polar surface area (TPSA) is 27.7 Å². The third-order valence-corrected chi connectivity index (χ3v) is 3.49. The first kappa shape index (κ1) is 12.3. The van der Waals surface area contributed by atoms with Crippen molar-refractivity contribution >= 4 is 0 Å². The van der Waals surface area contributed by atoms with Crippen LogP contribution in [0.1, 0.15) is 12.8 Å². The summed E-state index contributed by atoms with van der Waals surface area (Å²) in [6.07, 6.45) is 2.61. The molecule has 0 amide bonds. The Morgan fingerprint density at radius 3 is 2.44 bits per heavy atom. The lowest BCUT2D eigenvalue weighted by atomic mass is 10.3. The summed E-state index contributed by atoms with van der Waals surface area (Å²) in [6, 6.07) is 0. The van der Waals surface area contributed by atoms with Crippen LogP contribution in [0.25, 0.3) is 0 Å². The molecule has 2 rings (SSSR count). The van der Waals surface area contributed by atoms with E-state index in [4.69, 9.17) is 4.74 Å². The fourth-order valence-corrected chi connectivity index (χ4v) is 2.47. The average molecular weight is 227 g/mol. The molecule has 0 atom stereocenters. The molecule has 2 heterocycles. The van der Waals surface area contributed by atoms with E-state index >= 15 is 0 Å². The van der Waals surface area contributed by atoms with Gasteiger partial charge in [0, 0.05) is 26.2 Å². The zero-order valence-corrected chi connectivity index (χ0v) is 10.3. The summed E-state index contributed by atoms with van der Waals surface area (Å²) in [6.45, 7) is 11.5. The lowest BCUT2D eigenvalue weighted by Gasteiger charge is -2.27. The van der Waals surface area contributed by atoms with Crippen LogP contribution in [-0.2, 0) is 4.74 Å². The minimum absolute atomic E-state index is 0.924. The summed E-state index contributed by atoms with van der Waals surface area (Å²) in [5.74, 6) is 0. The molecule has 94 valence electrons. The van der Waals surface area contributed by atoms with Gasteiger partial charge >= 0.3 is 0 Å². The van der Waals surface area contributed by atoms with Crippen molar-refractivity contribution in [3.8, 4) is 0 Å². The third-order valence-electron chi connectivity index (χ3n) is 3.49. The number of hydrogen-bond donors (Lipinski definition) is 1. The molecule has 0 saturated carbocycles. The maximum atomic E-state index is 5.35. The van der Waals surface area contributed by atoms with E-state index in [-0.39, 0.29) is 0 Å². The number of nitrogens with one attached hydrogen (secondary N) is 1. The minimum Gasteiger partial charge on any atom is -0.379 e. The standard InChI is InChI=1S/C12H25N3O/c1-3-13-4-8-14(5-1)6-2-7-15-9-11-16-12-10-15/h13H,1-12H2. The molecule has 2 fully saturated rings. The van der Waals surface area contributed by atoms with E-state index in [1.54, 1.807) is 0 Å². The Kier molecular flexibility index (Phi) is 5.55. The first-order valence-corrected chi connectivity index (χ1v) is 6.68. The second-order valence-electron chi connectivity index (χ2n) is 4.75. The molecule has 0 spiro atoms. The largest absolute Gasteiger partial charge is 0.379 e. The summed E-state index contributed by atoms with van der Waals surface area (Å²) in [5.41, 5.74) is 0. The van der Waals surface area contributed by atoms with Gasteiger partial charge in [0.25, 0.3) is 0 Å². The summed E-state index contributed by atoms with van der Waals surface area (Å²) < 4.78 is 5.35. The summed E-state index contributed by atoms with van der Waals surface area (Å²) >= 11 is 0. The van der Waals surface area contributed by atoms with Crippen LogP contribution in [0.4, 0.5) is 0 Å². The fourth-order valence-electron chi connectivity index (χ4n) is 2.47. The highest BCUT2D eigenvalue weighted by atomic mass is 16.5. The van der Waals surface area contributed by atoms with Gasteiger partial charge in [-0.25, -0.2) is 0 Å². The Bertz CT molecular complexity index is 175. The lowest BCUT2D eigenvalue weighted by molar-refractivity contribution is 0.0362. The van der Waals surface area contributed by atoms with Gasteiger partial charge in [-0.05, 0) is 39.0 Å². The zero-order valence-electron chi connectivity index (χ0n) is 10.3. The lowest BCUT2D eigenvalue weighted by Crippen LogP contribution is -2.38. The predicted molar refractivity (Wildman–Crippen MR) is 65.8 cm³/mol. The van der Waals surface area contributed by atoms with Crippen LogP contribution in [0.15, 0.2) is 0 Å². The Morgan fingerprint density at radius 1 is 0.875 bits per heavy atom. The number of rotatable bonds is 4. The van der Waals surface area contributed by atoms with Crippen LogP contribution in [0.3, 0.4) is 0 Å². The van der Waals surface area contributed by atoms with Gasteiger partial charge in [-0.2, -0.15) is 0 Å². The van der Waals surface area contributed by atoms with Crippen LogP contribution in [-0.4, -0.2) is 75.4 Å². The quantitative estimate of drug-likeness (QED) is 0.732. The minimum atomic E-state index is 0.924. The average Bonchev–Trinajstić information content (AvgIpc) is 2.59. The molecule has 4 nitrogen and oxygen atoms in total. The van der Waals surface area contributed by atoms with Crippen molar-refractivity contribution < 1.29 is 4.74 Å². The van der Waals surface area contributed by atoms with Crippen molar-refractivity contribution in [1.82, 2.24) is 15.1 Å². The van der Waals surface area contributed by atoms with E-state index in [9.17, 15) is 0 Å². The molecule has 0 aromatic carbocycles. The Morgan fingerprint density at radius 2 is 1.62 bits per heavy atom. The van der Waals surface area contributed by atoms with Crippen molar-refractivity contribution in [1.29, 1.82) is 0 Å². The molecule has 2 aliphatic heterocycles. The molecular formula is C12H25N3O. The molecular weight excluding hydrogens is 202 g/mol. The normalized spacial score (nSPS) is 25.5. The molecule has 16 heavy (non-hydrogen) atoms. The maximum absolute atomic E-state index is 5.35. The van der Waals surface area contributed by atoms with Gasteiger partial charge < -0.3 is 15.0 Å². The second-order valence-corrected chi connectivity index (χ2v) is 4.75. The molecule has 0 radical (unpaired) electrons. The highest BCUT2D eigenvalue weighted by molar-refractivity contribution is 4.68. The molecule has 0 bridgehead atoms. The molecule has 0 unspecified atom stereocenters. The van der Waals surface area contributed by atoms with Gasteiger partial charge in [0.1, 0.15) is 0 Å². The molecule has 0 aromatic heterocycles. The summed E-state index contributed by atoms with van der Waals surface area (Å²) in [5, 5.41) is 3.45. The number of ether oxygens (including phenoxy) is 1. The highest BCUT2D eigenvalue weighted by Crippen LogP contribution is 2.01. The van der Waals surface area contributed by atoms with Gasteiger partial charge in [-0.3, -0.25) is 4.90 Å². The van der Waals surface area contributed by atoms with Crippen molar-refractivity contribution in [2.75, 3.05) is 65.6 Å². The first-order valence-electron chi connectivity index (χ1n) is 6.68. The number of nitrogens with zero attached hydrogens (tertiary/aromatic N) is 2. The van der Waals surface area contributed by atoms with Crippen molar-refractivity contribution in [3.63, 3.8) is 0 Å². The Balaban J connectivity index is 1.55. The predicted octanol–water partition coefficient (Wildman–Crippen LogP) is 0.00400. The van der Waals surface area contributed by atoms with Crippen LogP contribution in [0, 0.1) is 0 Å². The zero-order chi connectivity index (χ0) is 11.1. The number of morpholine rings is 1. The monoisotopic (exact) mass is 227 g/mol. The van der Waals surface area contributed by atoms with Gasteiger partial charge in [0.2, 0.25) is 0 Å². The van der Waals surface area contributed by atoms with Crippen LogP contribution >= 0.6 is 0 Å². The Labute approximate surface area is 98.9 Å². The molecule has 0 aromatic rings. The van der Waals surface area contributed by atoms with Crippen molar-refractivity contribution in [3.05, 3.63) is 0 Å². The van der Waals surface area contributed by atoms with Crippen LogP contribution in [0.2, 0.25) is 0 Å². The maximum Gasteiger partial charge on any atom is 0.0594 e. The van der Waals surface area contributed by atoms with Gasteiger partial charge in [0.05, 0.1) is 13.2 Å². The van der Waals surface area contributed by atoms with E-state index < -0.39 is 0 Å². The van der Waals surface area contributed by atoms with Gasteiger partial charge in [0.15, 0.2) is 0 Å². The van der Waals surface area contributed by atoms with E-state index in [1.165, 1.54) is 45.6 Å². The van der Waals surface area contributed by atoms with Crippen LogP contribution in [0.5, 0.6) is 0 Å². The number of hydrogen-bond acceptors (Lipinski definition) is 4. The molecule has 2 saturated heterocycles. The SMILES string of the molecule is C1CNCCN(CCCN2CCOCC2)C1. The molecule has 2 aliphatic rings. The first-order chi connectivity index (χ1) is 7.95.